The highest BCUT2D eigenvalue weighted by molar-refractivity contribution is 5.92. The van der Waals surface area contributed by atoms with E-state index in [1.165, 1.54) is 0 Å². The zero-order chi connectivity index (χ0) is 15.6. The van der Waals surface area contributed by atoms with Crippen molar-refractivity contribution < 1.29 is 9.26 Å². The van der Waals surface area contributed by atoms with Gasteiger partial charge in [-0.3, -0.25) is 5.73 Å². The first-order valence-corrected chi connectivity index (χ1v) is 7.49. The number of amidine groups is 1. The van der Waals surface area contributed by atoms with E-state index in [-0.39, 0.29) is 0 Å². The van der Waals surface area contributed by atoms with Gasteiger partial charge in [-0.1, -0.05) is 12.1 Å². The van der Waals surface area contributed by atoms with E-state index in [2.05, 4.69) is 20.4 Å². The van der Waals surface area contributed by atoms with Gasteiger partial charge in [-0.25, -0.2) is 4.99 Å². The fourth-order valence-corrected chi connectivity index (χ4v) is 2.62. The highest BCUT2D eigenvalue weighted by Gasteiger charge is 2.32. The zero-order valence-corrected chi connectivity index (χ0v) is 12.7. The second-order valence-electron chi connectivity index (χ2n) is 5.53. The van der Waals surface area contributed by atoms with Crippen molar-refractivity contribution in [3.8, 4) is 0 Å². The van der Waals surface area contributed by atoms with E-state index in [0.717, 1.165) is 31.0 Å². The second kappa shape index (κ2) is 5.98. The number of aromatic nitrogens is 1. The molecule has 22 heavy (non-hydrogen) atoms. The Hall–Kier alpha value is -2.06. The van der Waals surface area contributed by atoms with Crippen LogP contribution in [0.2, 0.25) is 0 Å². The maximum Gasteiger partial charge on any atom is 0.192 e. The van der Waals surface area contributed by atoms with Crippen LogP contribution in [0.5, 0.6) is 0 Å². The maximum absolute atomic E-state index is 6.36. The Balaban J connectivity index is 1.74. The molecular weight excluding hydrogens is 284 g/mol. The number of aliphatic imine (C=N–C) groups is 1. The minimum Gasteiger partial charge on any atom is -0.384 e. The van der Waals surface area contributed by atoms with E-state index in [4.69, 9.17) is 20.7 Å². The first kappa shape index (κ1) is 14.9. The van der Waals surface area contributed by atoms with Crippen LogP contribution >= 0.6 is 0 Å². The van der Waals surface area contributed by atoms with E-state index in [1.54, 1.807) is 6.08 Å². The number of hydrogen-bond acceptors (Lipinski definition) is 8. The third kappa shape index (κ3) is 3.23. The lowest BCUT2D eigenvalue weighted by Gasteiger charge is -2.38. The van der Waals surface area contributed by atoms with Gasteiger partial charge in [0, 0.05) is 25.2 Å². The van der Waals surface area contributed by atoms with Crippen molar-refractivity contribution >= 4 is 5.84 Å². The Morgan fingerprint density at radius 2 is 2.18 bits per heavy atom. The Bertz CT molecular complexity index is 590. The van der Waals surface area contributed by atoms with Gasteiger partial charge in [-0.2, -0.15) is 0 Å². The summed E-state index contributed by atoms with van der Waals surface area (Å²) in [5, 5.41) is 7.24. The summed E-state index contributed by atoms with van der Waals surface area (Å²) in [5.41, 5.74) is 13.2. The molecule has 1 aromatic rings. The van der Waals surface area contributed by atoms with Crippen molar-refractivity contribution in [2.24, 2.45) is 16.5 Å². The largest absolute Gasteiger partial charge is 0.384 e. The van der Waals surface area contributed by atoms with Gasteiger partial charge in [-0.15, -0.1) is 0 Å². The first-order valence-electron chi connectivity index (χ1n) is 7.49. The molecule has 120 valence electrons. The molecule has 2 aliphatic heterocycles. The van der Waals surface area contributed by atoms with Crippen LogP contribution in [0.25, 0.3) is 0 Å². The van der Waals surface area contributed by atoms with Crippen LogP contribution in [0.15, 0.2) is 27.5 Å². The van der Waals surface area contributed by atoms with E-state index in [9.17, 15) is 0 Å². The monoisotopic (exact) mass is 306 g/mol. The van der Waals surface area contributed by atoms with Crippen LogP contribution < -0.4 is 16.8 Å². The zero-order valence-electron chi connectivity index (χ0n) is 12.7. The molecule has 2 aliphatic rings. The van der Waals surface area contributed by atoms with Crippen LogP contribution in [0.1, 0.15) is 18.4 Å². The van der Waals surface area contributed by atoms with Gasteiger partial charge < -0.3 is 25.2 Å². The highest BCUT2D eigenvalue weighted by atomic mass is 16.5. The molecule has 1 atom stereocenters. The molecule has 0 amide bonds. The molecule has 0 aliphatic carbocycles. The predicted molar refractivity (Wildman–Crippen MR) is 81.7 cm³/mol. The number of ether oxygens (including phenoxy) is 1. The average molecular weight is 306 g/mol. The molecule has 1 unspecified atom stereocenters. The standard InChI is InChI=1S/C14H22N6O2/c1-2-10-7-11(22-19-10)9-14(16)17-12(15)8-13(18-14)20-3-5-21-6-4-20/h7-8,18H,2-6,9,16H2,1H3,(H2,15,17). The van der Waals surface area contributed by atoms with E-state index in [1.807, 2.05) is 13.0 Å². The van der Waals surface area contributed by atoms with Gasteiger partial charge in [-0.05, 0) is 6.42 Å². The lowest BCUT2D eigenvalue weighted by Crippen LogP contribution is -2.59. The second-order valence-corrected chi connectivity index (χ2v) is 5.53. The number of aryl methyl sites for hydroxylation is 1. The molecule has 8 heteroatoms. The Kier molecular flexibility index (Phi) is 4.04. The van der Waals surface area contributed by atoms with Crippen molar-refractivity contribution in [3.63, 3.8) is 0 Å². The lowest BCUT2D eigenvalue weighted by molar-refractivity contribution is 0.0471. The van der Waals surface area contributed by atoms with Gasteiger partial charge >= 0.3 is 0 Å². The van der Waals surface area contributed by atoms with Gasteiger partial charge in [0.1, 0.15) is 17.4 Å². The van der Waals surface area contributed by atoms with Crippen LogP contribution in [0.3, 0.4) is 0 Å². The minimum absolute atomic E-state index is 0.377. The fraction of sp³-hybridized carbons (Fsp3) is 0.571. The van der Waals surface area contributed by atoms with Crippen LogP contribution in [-0.2, 0) is 17.6 Å². The Morgan fingerprint density at radius 1 is 1.41 bits per heavy atom. The van der Waals surface area contributed by atoms with Crippen LogP contribution in [0.4, 0.5) is 0 Å². The molecule has 0 aromatic carbocycles. The predicted octanol–water partition coefficient (Wildman–Crippen LogP) is -0.474. The number of nitrogens with two attached hydrogens (primary N) is 2. The molecule has 8 nitrogen and oxygen atoms in total. The molecule has 3 rings (SSSR count). The summed E-state index contributed by atoms with van der Waals surface area (Å²) >= 11 is 0. The molecule has 0 spiro atoms. The quantitative estimate of drug-likeness (QED) is 0.688. The normalized spacial score (nSPS) is 25.5. The smallest absolute Gasteiger partial charge is 0.192 e. The van der Waals surface area contributed by atoms with Gasteiger partial charge in [0.2, 0.25) is 0 Å². The van der Waals surface area contributed by atoms with Crippen molar-refractivity contribution in [1.29, 1.82) is 0 Å². The molecule has 0 saturated carbocycles. The Morgan fingerprint density at radius 3 is 2.86 bits per heavy atom. The van der Waals surface area contributed by atoms with Crippen molar-refractivity contribution in [1.82, 2.24) is 15.4 Å². The van der Waals surface area contributed by atoms with Crippen LogP contribution in [-0.4, -0.2) is 48.0 Å². The summed E-state index contributed by atoms with van der Waals surface area (Å²) in [4.78, 5) is 6.49. The molecule has 1 saturated heterocycles. The van der Waals surface area contributed by atoms with Gasteiger partial charge in [0.15, 0.2) is 5.79 Å². The third-order valence-electron chi connectivity index (χ3n) is 3.72. The van der Waals surface area contributed by atoms with E-state index in [0.29, 0.717) is 31.2 Å². The van der Waals surface area contributed by atoms with E-state index < -0.39 is 5.79 Å². The summed E-state index contributed by atoms with van der Waals surface area (Å²) in [5.74, 6) is 0.926. The molecular formula is C14H22N6O2. The third-order valence-corrected chi connectivity index (χ3v) is 3.72. The summed E-state index contributed by atoms with van der Waals surface area (Å²) in [7, 11) is 0. The number of nitrogens with one attached hydrogen (secondary N) is 1. The lowest BCUT2D eigenvalue weighted by atomic mass is 10.1. The summed E-state index contributed by atoms with van der Waals surface area (Å²) in [6, 6.07) is 1.90. The van der Waals surface area contributed by atoms with Crippen molar-refractivity contribution in [3.05, 3.63) is 29.4 Å². The first-order chi connectivity index (χ1) is 10.6. The van der Waals surface area contributed by atoms with Gasteiger partial charge in [0.25, 0.3) is 0 Å². The summed E-state index contributed by atoms with van der Waals surface area (Å²) in [6.07, 6.45) is 3.00. The molecule has 1 fully saturated rings. The van der Waals surface area contributed by atoms with Crippen molar-refractivity contribution in [2.45, 2.75) is 25.6 Å². The molecule has 5 N–H and O–H groups in total. The molecule has 0 radical (unpaired) electrons. The molecule has 3 heterocycles. The SMILES string of the molecule is CCc1cc(CC2(N)N=C(N)C=C(N3CCOCC3)N2)on1. The average Bonchev–Trinajstić information content (AvgIpc) is 2.94. The fourth-order valence-electron chi connectivity index (χ4n) is 2.62. The topological polar surface area (TPSA) is 115 Å². The summed E-state index contributed by atoms with van der Waals surface area (Å²) < 4.78 is 10.7. The summed E-state index contributed by atoms with van der Waals surface area (Å²) in [6.45, 7) is 4.99. The number of hydrogen-bond donors (Lipinski definition) is 3. The van der Waals surface area contributed by atoms with E-state index >= 15 is 0 Å². The highest BCUT2D eigenvalue weighted by Crippen LogP contribution is 2.18. The van der Waals surface area contributed by atoms with Crippen LogP contribution in [0, 0.1) is 0 Å². The minimum atomic E-state index is -1.03. The molecule has 0 bridgehead atoms. The molecule has 1 aromatic heterocycles. The maximum atomic E-state index is 6.36. The number of morpholine rings is 1. The van der Waals surface area contributed by atoms with Crippen molar-refractivity contribution in [2.75, 3.05) is 26.3 Å². The van der Waals surface area contributed by atoms with Gasteiger partial charge in [0.05, 0.1) is 25.3 Å². The Labute approximate surface area is 129 Å². The number of rotatable bonds is 4. The number of nitrogens with zero attached hydrogens (tertiary/aromatic N) is 3.